The van der Waals surface area contributed by atoms with Gasteiger partial charge in [0.05, 0.1) is 0 Å². The van der Waals surface area contributed by atoms with Gasteiger partial charge in [-0.2, -0.15) is 26.0 Å². The number of alkyl halides is 5. The standard InChI is InChI=1S/C4H2F6O4S/c5-1-3(6,7)4(8,9)2(11)14-15(10,12)13/h1H2. The second-order valence-electron chi connectivity index (χ2n) is 2.18. The number of rotatable bonds is 4. The van der Waals surface area contributed by atoms with E-state index >= 15 is 0 Å². The van der Waals surface area contributed by atoms with Crippen molar-refractivity contribution in [2.24, 2.45) is 0 Å². The summed E-state index contributed by atoms with van der Waals surface area (Å²) in [6.45, 7) is -2.94. The van der Waals surface area contributed by atoms with Crippen LogP contribution in [0.4, 0.5) is 25.8 Å². The zero-order valence-corrected chi connectivity index (χ0v) is 7.33. The zero-order valence-electron chi connectivity index (χ0n) is 6.52. The van der Waals surface area contributed by atoms with Gasteiger partial charge in [0.1, 0.15) is 0 Å². The lowest BCUT2D eigenvalue weighted by Crippen LogP contribution is -2.49. The highest BCUT2D eigenvalue weighted by molar-refractivity contribution is 7.81. The minimum atomic E-state index is -6.16. The Morgan fingerprint density at radius 3 is 1.87 bits per heavy atom. The molecule has 0 rings (SSSR count). The average molecular weight is 260 g/mol. The second-order valence-corrected chi connectivity index (χ2v) is 3.13. The average Bonchev–Trinajstić information content (AvgIpc) is 2.00. The van der Waals surface area contributed by atoms with Crippen LogP contribution in [0.3, 0.4) is 0 Å². The van der Waals surface area contributed by atoms with Crippen molar-refractivity contribution in [3.63, 3.8) is 0 Å². The number of hydrogen-bond acceptors (Lipinski definition) is 4. The van der Waals surface area contributed by atoms with Crippen LogP contribution in [0.2, 0.25) is 0 Å². The van der Waals surface area contributed by atoms with Crippen molar-refractivity contribution in [3.8, 4) is 0 Å². The highest BCUT2D eigenvalue weighted by atomic mass is 32.3. The molecule has 11 heteroatoms. The van der Waals surface area contributed by atoms with Gasteiger partial charge in [0.25, 0.3) is 0 Å². The fraction of sp³-hybridized carbons (Fsp3) is 0.750. The molecular weight excluding hydrogens is 258 g/mol. The predicted octanol–water partition coefficient (Wildman–Crippen LogP) is 0.984. The molecule has 0 aromatic carbocycles. The topological polar surface area (TPSA) is 60.4 Å². The van der Waals surface area contributed by atoms with Crippen LogP contribution < -0.4 is 0 Å². The molecule has 0 radical (unpaired) electrons. The van der Waals surface area contributed by atoms with Crippen LogP contribution in [-0.4, -0.2) is 32.9 Å². The first-order chi connectivity index (χ1) is 6.44. The molecule has 0 aliphatic rings. The second kappa shape index (κ2) is 3.87. The van der Waals surface area contributed by atoms with Gasteiger partial charge in [-0.1, -0.05) is 3.89 Å². The molecule has 0 fully saturated rings. The van der Waals surface area contributed by atoms with E-state index in [1.807, 2.05) is 0 Å². The van der Waals surface area contributed by atoms with Crippen molar-refractivity contribution in [2.45, 2.75) is 11.8 Å². The van der Waals surface area contributed by atoms with E-state index in [1.165, 1.54) is 0 Å². The molecule has 0 aliphatic carbocycles. The molecule has 0 aromatic rings. The first-order valence-corrected chi connectivity index (χ1v) is 4.25. The van der Waals surface area contributed by atoms with E-state index in [9.17, 15) is 39.1 Å². The van der Waals surface area contributed by atoms with E-state index in [0.717, 1.165) is 0 Å². The fourth-order valence-electron chi connectivity index (χ4n) is 0.376. The Labute approximate surface area is 79.2 Å². The third kappa shape index (κ3) is 3.25. The van der Waals surface area contributed by atoms with E-state index in [4.69, 9.17) is 0 Å². The van der Waals surface area contributed by atoms with Crippen molar-refractivity contribution in [2.75, 3.05) is 6.67 Å². The Hall–Kier alpha value is -1.00. The smallest absolute Gasteiger partial charge is 0.315 e. The number of carbonyl (C=O) groups excluding carboxylic acids is 1. The minimum Gasteiger partial charge on any atom is -0.315 e. The van der Waals surface area contributed by atoms with Gasteiger partial charge in [-0.15, -0.1) is 0 Å². The van der Waals surface area contributed by atoms with Crippen LogP contribution in [0.15, 0.2) is 0 Å². The summed E-state index contributed by atoms with van der Waals surface area (Å²) < 4.78 is 92.8. The Kier molecular flexibility index (Phi) is 3.61. The highest BCUT2D eigenvalue weighted by Gasteiger charge is 2.64. The summed E-state index contributed by atoms with van der Waals surface area (Å²) in [5, 5.41) is 0. The number of hydrogen-bond donors (Lipinski definition) is 0. The van der Waals surface area contributed by atoms with Gasteiger partial charge >= 0.3 is 28.3 Å². The van der Waals surface area contributed by atoms with E-state index in [0.29, 0.717) is 0 Å². The molecule has 0 amide bonds. The largest absolute Gasteiger partial charge is 0.491 e. The van der Waals surface area contributed by atoms with Crippen LogP contribution in [0.5, 0.6) is 0 Å². The first kappa shape index (κ1) is 14.0. The van der Waals surface area contributed by atoms with E-state index < -0.39 is 35.0 Å². The molecule has 0 saturated heterocycles. The molecule has 0 saturated carbocycles. The third-order valence-electron chi connectivity index (χ3n) is 1.06. The number of carbonyl (C=O) groups is 1. The molecule has 4 nitrogen and oxygen atoms in total. The molecule has 0 spiro atoms. The van der Waals surface area contributed by atoms with Gasteiger partial charge < -0.3 is 4.18 Å². The summed E-state index contributed by atoms with van der Waals surface area (Å²) in [5.74, 6) is -14.6. The molecule has 0 aliphatic heterocycles. The Balaban J connectivity index is 4.98. The van der Waals surface area contributed by atoms with Crippen molar-refractivity contribution in [3.05, 3.63) is 0 Å². The SMILES string of the molecule is O=C(OS(=O)(=O)F)C(F)(F)C(F)(F)CF. The summed E-state index contributed by atoms with van der Waals surface area (Å²) in [5.41, 5.74) is 0. The van der Waals surface area contributed by atoms with Crippen LogP contribution >= 0.6 is 0 Å². The summed E-state index contributed by atoms with van der Waals surface area (Å²) in [6, 6.07) is 0. The van der Waals surface area contributed by atoms with Gasteiger partial charge in [0, 0.05) is 0 Å². The predicted molar refractivity (Wildman–Crippen MR) is 32.0 cm³/mol. The molecule has 0 N–H and O–H groups in total. The molecule has 15 heavy (non-hydrogen) atoms. The van der Waals surface area contributed by atoms with Crippen LogP contribution in [0, 0.1) is 0 Å². The van der Waals surface area contributed by atoms with Crippen LogP contribution in [-0.2, 0) is 19.5 Å². The Bertz CT molecular complexity index is 348. The van der Waals surface area contributed by atoms with Crippen molar-refractivity contribution in [1.82, 2.24) is 0 Å². The van der Waals surface area contributed by atoms with Gasteiger partial charge in [0.15, 0.2) is 6.67 Å². The highest BCUT2D eigenvalue weighted by Crippen LogP contribution is 2.36. The van der Waals surface area contributed by atoms with Crippen molar-refractivity contribution >= 4 is 16.5 Å². The monoisotopic (exact) mass is 260 g/mol. The Morgan fingerprint density at radius 2 is 1.60 bits per heavy atom. The van der Waals surface area contributed by atoms with Crippen LogP contribution in [0.1, 0.15) is 0 Å². The van der Waals surface area contributed by atoms with Gasteiger partial charge in [0.2, 0.25) is 0 Å². The maximum Gasteiger partial charge on any atom is 0.491 e. The molecule has 0 aromatic heterocycles. The maximum atomic E-state index is 12.2. The van der Waals surface area contributed by atoms with Gasteiger partial charge in [-0.3, -0.25) is 0 Å². The third-order valence-corrected chi connectivity index (χ3v) is 1.41. The van der Waals surface area contributed by atoms with Crippen LogP contribution in [0.25, 0.3) is 0 Å². The minimum absolute atomic E-state index is 2.36. The lowest BCUT2D eigenvalue weighted by Gasteiger charge is -2.20. The lowest BCUT2D eigenvalue weighted by atomic mass is 10.2. The summed E-state index contributed by atoms with van der Waals surface area (Å²) in [6.07, 6.45) is 0. The van der Waals surface area contributed by atoms with E-state index in [-0.39, 0.29) is 0 Å². The summed E-state index contributed by atoms with van der Waals surface area (Å²) >= 11 is 0. The van der Waals surface area contributed by atoms with E-state index in [1.54, 1.807) is 0 Å². The maximum absolute atomic E-state index is 12.2. The van der Waals surface area contributed by atoms with Gasteiger partial charge in [-0.25, -0.2) is 9.18 Å². The molecule has 0 atom stereocenters. The van der Waals surface area contributed by atoms with Crippen molar-refractivity contribution in [1.29, 1.82) is 0 Å². The van der Waals surface area contributed by atoms with Crippen molar-refractivity contribution < 1.29 is 43.2 Å². The quantitative estimate of drug-likeness (QED) is 0.558. The Morgan fingerprint density at radius 1 is 1.20 bits per heavy atom. The molecule has 90 valence electrons. The number of halogens is 6. The molecule has 0 bridgehead atoms. The molecule has 0 unspecified atom stereocenters. The molecule has 0 heterocycles. The summed E-state index contributed by atoms with van der Waals surface area (Å²) in [7, 11) is -6.16. The lowest BCUT2D eigenvalue weighted by molar-refractivity contribution is -0.225. The normalized spacial score (nSPS) is 13.7. The fourth-order valence-corrected chi connectivity index (χ4v) is 0.661. The molecular formula is C4H2F6O4S. The van der Waals surface area contributed by atoms with E-state index in [2.05, 4.69) is 4.18 Å². The summed E-state index contributed by atoms with van der Waals surface area (Å²) in [4.78, 5) is 10.0. The first-order valence-electron chi connectivity index (χ1n) is 2.94. The zero-order chi connectivity index (χ0) is 12.5. The van der Waals surface area contributed by atoms with Gasteiger partial charge in [-0.05, 0) is 0 Å².